The maximum Gasteiger partial charge on any atom is 0.181 e. The number of hydrogen-bond acceptors (Lipinski definition) is 6. The van der Waals surface area contributed by atoms with Crippen molar-refractivity contribution >= 4 is 9.84 Å². The molecule has 0 bridgehead atoms. The van der Waals surface area contributed by atoms with Crippen LogP contribution in [0.4, 0.5) is 8.78 Å². The van der Waals surface area contributed by atoms with Crippen molar-refractivity contribution in [2.75, 3.05) is 19.6 Å². The monoisotopic (exact) mass is 447 g/mol. The van der Waals surface area contributed by atoms with Gasteiger partial charge >= 0.3 is 0 Å². The van der Waals surface area contributed by atoms with E-state index in [2.05, 4.69) is 25.5 Å². The Balaban J connectivity index is 1.32. The predicted molar refractivity (Wildman–Crippen MR) is 110 cm³/mol. The summed E-state index contributed by atoms with van der Waals surface area (Å²) in [5.74, 6) is -0.584. The molecule has 164 valence electrons. The van der Waals surface area contributed by atoms with Gasteiger partial charge in [0.25, 0.3) is 0 Å². The van der Waals surface area contributed by atoms with E-state index in [4.69, 9.17) is 0 Å². The molecule has 0 atom stereocenters. The Hall–Kier alpha value is -2.72. The summed E-state index contributed by atoms with van der Waals surface area (Å²) in [5.41, 5.74) is 1.38. The fourth-order valence-corrected chi connectivity index (χ4v) is 5.61. The molecular weight excluding hydrogens is 424 g/mol. The molecule has 3 aromatic rings. The number of H-pyrrole nitrogens is 1. The van der Waals surface area contributed by atoms with Crippen LogP contribution < -0.4 is 0 Å². The van der Waals surface area contributed by atoms with Crippen LogP contribution in [-0.2, 0) is 22.7 Å². The number of benzene rings is 2. The number of hydrogen-bond donors (Lipinski definition) is 1. The third-order valence-corrected chi connectivity index (χ3v) is 7.97. The Morgan fingerprint density at radius 3 is 2.45 bits per heavy atom. The molecule has 0 saturated carbocycles. The van der Waals surface area contributed by atoms with Gasteiger partial charge in [-0.15, -0.1) is 10.2 Å². The fourth-order valence-electron chi connectivity index (χ4n) is 3.88. The van der Waals surface area contributed by atoms with Gasteiger partial charge in [-0.05, 0) is 61.7 Å². The van der Waals surface area contributed by atoms with Crippen LogP contribution in [0.1, 0.15) is 29.8 Å². The number of halogens is 2. The van der Waals surface area contributed by atoms with Gasteiger partial charge in [-0.2, -0.15) is 5.21 Å². The van der Waals surface area contributed by atoms with E-state index in [0.717, 1.165) is 11.6 Å². The van der Waals surface area contributed by atoms with Crippen LogP contribution in [-0.4, -0.2) is 58.8 Å². The molecule has 1 N–H and O–H groups in total. The normalized spacial score (nSPS) is 15.9. The van der Waals surface area contributed by atoms with E-state index in [1.54, 1.807) is 24.3 Å². The zero-order valence-electron chi connectivity index (χ0n) is 16.8. The number of likely N-dealkylation sites (tertiary alicyclic amines) is 1. The quantitative estimate of drug-likeness (QED) is 0.599. The lowest BCUT2D eigenvalue weighted by atomic mass is 10.1. The van der Waals surface area contributed by atoms with Crippen molar-refractivity contribution in [1.29, 1.82) is 0 Å². The molecule has 7 nitrogen and oxygen atoms in total. The molecule has 0 unspecified atom stereocenters. The van der Waals surface area contributed by atoms with Crippen LogP contribution in [0.5, 0.6) is 0 Å². The van der Waals surface area contributed by atoms with Gasteiger partial charge in [0.15, 0.2) is 15.7 Å². The number of aromatic amines is 1. The van der Waals surface area contributed by atoms with Crippen molar-refractivity contribution in [2.24, 2.45) is 0 Å². The van der Waals surface area contributed by atoms with E-state index in [-0.39, 0.29) is 0 Å². The highest BCUT2D eigenvalue weighted by atomic mass is 32.2. The van der Waals surface area contributed by atoms with Crippen molar-refractivity contribution in [1.82, 2.24) is 25.5 Å². The van der Waals surface area contributed by atoms with Gasteiger partial charge in [-0.3, -0.25) is 0 Å². The van der Waals surface area contributed by atoms with Crippen LogP contribution in [0.15, 0.2) is 47.4 Å². The lowest BCUT2D eigenvalue weighted by Crippen LogP contribution is -2.40. The van der Waals surface area contributed by atoms with Gasteiger partial charge in [-0.1, -0.05) is 23.4 Å². The maximum atomic E-state index is 13.8. The van der Waals surface area contributed by atoms with Crippen molar-refractivity contribution < 1.29 is 17.2 Å². The first-order chi connectivity index (χ1) is 14.9. The summed E-state index contributed by atoms with van der Waals surface area (Å²) in [7, 11) is -3.42. The molecule has 1 aliphatic heterocycles. The molecule has 0 amide bonds. The van der Waals surface area contributed by atoms with Crippen molar-refractivity contribution in [2.45, 2.75) is 35.8 Å². The summed E-state index contributed by atoms with van der Waals surface area (Å²) in [6, 6.07) is 10.4. The molecule has 4 rings (SSSR count). The minimum Gasteiger partial charge on any atom is -0.303 e. The lowest BCUT2D eigenvalue weighted by Gasteiger charge is -2.31. The summed E-state index contributed by atoms with van der Waals surface area (Å²) < 4.78 is 52.9. The average Bonchev–Trinajstić information content (AvgIpc) is 3.27. The van der Waals surface area contributed by atoms with Gasteiger partial charge in [0.2, 0.25) is 0 Å². The number of sulfone groups is 1. The number of nitrogens with zero attached hydrogens (tertiary/aromatic N) is 4. The lowest BCUT2D eigenvalue weighted by molar-refractivity contribution is 0.232. The second-order valence-electron chi connectivity index (χ2n) is 7.72. The molecule has 0 radical (unpaired) electrons. The molecule has 2 aromatic carbocycles. The number of tetrazole rings is 1. The highest BCUT2D eigenvalue weighted by molar-refractivity contribution is 7.92. The first kappa shape index (κ1) is 21.5. The number of rotatable bonds is 7. The molecule has 0 aliphatic carbocycles. The SMILES string of the molecule is O=S(=O)(c1ccc(Cc2nn[nH]n2)cc1)C1CCN(CCc2ccc(F)cc2F)CC1. The van der Waals surface area contributed by atoms with Crippen molar-refractivity contribution in [3.63, 3.8) is 0 Å². The Kier molecular flexibility index (Phi) is 6.38. The fraction of sp³-hybridized carbons (Fsp3) is 0.381. The summed E-state index contributed by atoms with van der Waals surface area (Å²) in [6.07, 6.45) is 1.99. The number of aromatic nitrogens is 4. The minimum atomic E-state index is -3.42. The van der Waals surface area contributed by atoms with E-state index >= 15 is 0 Å². The first-order valence-electron chi connectivity index (χ1n) is 10.1. The second kappa shape index (κ2) is 9.19. The predicted octanol–water partition coefficient (Wildman–Crippen LogP) is 2.55. The van der Waals surface area contributed by atoms with E-state index in [1.807, 2.05) is 0 Å². The molecule has 1 aromatic heterocycles. The molecule has 2 heterocycles. The van der Waals surface area contributed by atoms with Crippen LogP contribution in [0, 0.1) is 11.6 Å². The highest BCUT2D eigenvalue weighted by Gasteiger charge is 2.31. The molecule has 1 fully saturated rings. The number of nitrogens with one attached hydrogen (secondary N) is 1. The molecule has 31 heavy (non-hydrogen) atoms. The number of piperidine rings is 1. The van der Waals surface area contributed by atoms with Gasteiger partial charge in [0.05, 0.1) is 10.1 Å². The highest BCUT2D eigenvalue weighted by Crippen LogP contribution is 2.25. The van der Waals surface area contributed by atoms with Gasteiger partial charge in [0, 0.05) is 19.0 Å². The Bertz CT molecular complexity index is 1110. The van der Waals surface area contributed by atoms with Crippen molar-refractivity contribution in [3.05, 3.63) is 71.1 Å². The third kappa shape index (κ3) is 5.13. The molecule has 1 saturated heterocycles. The van der Waals surface area contributed by atoms with Crippen LogP contribution in [0.3, 0.4) is 0 Å². The Morgan fingerprint density at radius 2 is 1.81 bits per heavy atom. The van der Waals surface area contributed by atoms with E-state index in [1.165, 1.54) is 12.1 Å². The zero-order chi connectivity index (χ0) is 21.8. The topological polar surface area (TPSA) is 91.8 Å². The van der Waals surface area contributed by atoms with Crippen LogP contribution >= 0.6 is 0 Å². The van der Waals surface area contributed by atoms with Gasteiger partial charge < -0.3 is 4.90 Å². The van der Waals surface area contributed by atoms with Gasteiger partial charge in [-0.25, -0.2) is 17.2 Å². The summed E-state index contributed by atoms with van der Waals surface area (Å²) in [4.78, 5) is 2.44. The summed E-state index contributed by atoms with van der Waals surface area (Å²) in [5, 5.41) is 13.3. The van der Waals surface area contributed by atoms with Crippen LogP contribution in [0.2, 0.25) is 0 Å². The van der Waals surface area contributed by atoms with E-state index < -0.39 is 26.7 Å². The molecule has 1 aliphatic rings. The average molecular weight is 448 g/mol. The second-order valence-corrected chi connectivity index (χ2v) is 9.95. The minimum absolute atomic E-state index is 0.316. The van der Waals surface area contributed by atoms with E-state index in [9.17, 15) is 17.2 Å². The smallest absolute Gasteiger partial charge is 0.181 e. The maximum absolute atomic E-state index is 13.8. The van der Waals surface area contributed by atoms with Gasteiger partial charge in [0.1, 0.15) is 11.6 Å². The van der Waals surface area contributed by atoms with E-state index in [0.29, 0.717) is 61.6 Å². The Morgan fingerprint density at radius 1 is 1.06 bits per heavy atom. The first-order valence-corrected chi connectivity index (χ1v) is 11.7. The third-order valence-electron chi connectivity index (χ3n) is 5.69. The van der Waals surface area contributed by atoms with Crippen LogP contribution in [0.25, 0.3) is 0 Å². The molecule has 0 spiro atoms. The largest absolute Gasteiger partial charge is 0.303 e. The molecule has 10 heteroatoms. The Labute approximate surface area is 179 Å². The summed E-state index contributed by atoms with van der Waals surface area (Å²) >= 11 is 0. The zero-order valence-corrected chi connectivity index (χ0v) is 17.7. The van der Waals surface area contributed by atoms with Crippen molar-refractivity contribution in [3.8, 4) is 0 Å². The molecular formula is C21H23F2N5O2S. The summed E-state index contributed by atoms with van der Waals surface area (Å²) in [6.45, 7) is 1.87. The standard InChI is InChI=1S/C21H23F2N5O2S/c22-17-4-3-16(20(23)14-17)7-10-28-11-8-19(9-12-28)31(29,30)18-5-1-15(2-6-18)13-21-24-26-27-25-21/h1-6,14,19H,7-13H2,(H,24,25,26,27).